The number of halogens is 3. The molecule has 0 aromatic carbocycles. The Morgan fingerprint density at radius 1 is 1.40 bits per heavy atom. The topological polar surface area (TPSA) is 35.6 Å². The molecule has 4 nitrogen and oxygen atoms in total. The highest BCUT2D eigenvalue weighted by molar-refractivity contribution is 5.84. The molecule has 0 aliphatic carbocycles. The van der Waals surface area contributed by atoms with E-state index in [0.29, 0.717) is 6.54 Å². The number of carbonyl (C=O) groups excluding carboxylic acids is 1. The van der Waals surface area contributed by atoms with Gasteiger partial charge in [-0.1, -0.05) is 0 Å². The maximum atomic E-state index is 13.4. The van der Waals surface area contributed by atoms with E-state index < -0.39 is 17.5 Å². The average Bonchev–Trinajstić information content (AvgIpc) is 2.77. The van der Waals surface area contributed by atoms with Crippen LogP contribution in [-0.4, -0.2) is 68.2 Å². The molecule has 0 spiro atoms. The van der Waals surface area contributed by atoms with Crippen molar-refractivity contribution in [1.82, 2.24) is 15.1 Å². The molecule has 1 fully saturated rings. The van der Waals surface area contributed by atoms with Crippen LogP contribution in [0.3, 0.4) is 0 Å². The number of likely N-dealkylation sites (N-methyl/N-ethyl adjacent to an activating group) is 2. The zero-order chi connectivity index (χ0) is 15.6. The third kappa shape index (κ3) is 3.25. The number of nitrogens with zero attached hydrogens (tertiary/aromatic N) is 2. The first kappa shape index (κ1) is 17.2. The quantitative estimate of drug-likeness (QED) is 0.831. The van der Waals surface area contributed by atoms with Crippen LogP contribution >= 0.6 is 0 Å². The van der Waals surface area contributed by atoms with Crippen LogP contribution in [0.2, 0.25) is 0 Å². The van der Waals surface area contributed by atoms with E-state index in [4.69, 9.17) is 0 Å². The molecule has 1 amide bonds. The van der Waals surface area contributed by atoms with E-state index in [1.165, 1.54) is 4.90 Å². The fraction of sp³-hybridized carbons (Fsp3) is 0.923. The van der Waals surface area contributed by atoms with Crippen LogP contribution in [0.15, 0.2) is 0 Å². The van der Waals surface area contributed by atoms with Gasteiger partial charge >= 0.3 is 6.18 Å². The Balaban J connectivity index is 2.99. The van der Waals surface area contributed by atoms with Gasteiger partial charge in [0, 0.05) is 25.7 Å². The Bertz CT molecular complexity index is 338. The van der Waals surface area contributed by atoms with Crippen molar-refractivity contribution in [3.05, 3.63) is 0 Å². The standard InChI is InChI=1S/C13H24F3N3O/c1-5-19(10(2)8-18(3)4)11(20)12(13(14,15)16)6-7-17-9-12/h10,17H,5-9H2,1-4H3. The molecule has 0 saturated carbocycles. The van der Waals surface area contributed by atoms with Crippen LogP contribution in [0.5, 0.6) is 0 Å². The third-order valence-electron chi connectivity index (χ3n) is 3.87. The van der Waals surface area contributed by atoms with Gasteiger partial charge in [0.15, 0.2) is 5.41 Å². The van der Waals surface area contributed by atoms with Crippen molar-refractivity contribution in [2.24, 2.45) is 5.41 Å². The lowest BCUT2D eigenvalue weighted by atomic mass is 9.84. The highest BCUT2D eigenvalue weighted by atomic mass is 19.4. The third-order valence-corrected chi connectivity index (χ3v) is 3.87. The van der Waals surface area contributed by atoms with Crippen molar-refractivity contribution >= 4 is 5.91 Å². The summed E-state index contributed by atoms with van der Waals surface area (Å²) in [5.74, 6) is -0.799. The molecular formula is C13H24F3N3O. The van der Waals surface area contributed by atoms with Gasteiger partial charge in [-0.25, -0.2) is 0 Å². The summed E-state index contributed by atoms with van der Waals surface area (Å²) >= 11 is 0. The summed E-state index contributed by atoms with van der Waals surface area (Å²) in [6.07, 6.45) is -4.70. The van der Waals surface area contributed by atoms with Gasteiger partial charge in [-0.3, -0.25) is 4.79 Å². The van der Waals surface area contributed by atoms with E-state index in [1.54, 1.807) is 13.8 Å². The van der Waals surface area contributed by atoms with Crippen molar-refractivity contribution in [2.45, 2.75) is 32.5 Å². The van der Waals surface area contributed by atoms with Crippen LogP contribution in [0.4, 0.5) is 13.2 Å². The lowest BCUT2D eigenvalue weighted by Crippen LogP contribution is -2.56. The average molecular weight is 295 g/mol. The number of carbonyl (C=O) groups is 1. The zero-order valence-corrected chi connectivity index (χ0v) is 12.5. The number of hydrogen-bond donors (Lipinski definition) is 1. The molecular weight excluding hydrogens is 271 g/mol. The maximum absolute atomic E-state index is 13.4. The molecule has 1 heterocycles. The first-order chi connectivity index (χ1) is 9.15. The second-order valence-corrected chi connectivity index (χ2v) is 5.71. The van der Waals surface area contributed by atoms with Crippen molar-refractivity contribution in [3.8, 4) is 0 Å². The van der Waals surface area contributed by atoms with Crippen molar-refractivity contribution in [3.63, 3.8) is 0 Å². The summed E-state index contributed by atoms with van der Waals surface area (Å²) in [7, 11) is 3.68. The molecule has 0 aromatic rings. The van der Waals surface area contributed by atoms with E-state index >= 15 is 0 Å². The Kier molecular flexibility index (Phi) is 5.43. The number of nitrogens with one attached hydrogen (secondary N) is 1. The van der Waals surface area contributed by atoms with Gasteiger partial charge < -0.3 is 15.1 Å². The van der Waals surface area contributed by atoms with Crippen molar-refractivity contribution in [1.29, 1.82) is 0 Å². The molecule has 1 saturated heterocycles. The Morgan fingerprint density at radius 3 is 2.35 bits per heavy atom. The summed E-state index contributed by atoms with van der Waals surface area (Å²) in [5, 5.41) is 2.68. The van der Waals surface area contributed by atoms with Crippen molar-refractivity contribution < 1.29 is 18.0 Å². The first-order valence-electron chi connectivity index (χ1n) is 6.89. The Morgan fingerprint density at radius 2 is 2.00 bits per heavy atom. The summed E-state index contributed by atoms with van der Waals surface area (Å²) < 4.78 is 40.2. The molecule has 0 bridgehead atoms. The predicted octanol–water partition coefficient (Wildman–Crippen LogP) is 1.33. The van der Waals surface area contributed by atoms with E-state index in [2.05, 4.69) is 5.32 Å². The predicted molar refractivity (Wildman–Crippen MR) is 71.4 cm³/mol. The highest BCUT2D eigenvalue weighted by Crippen LogP contribution is 2.44. The molecule has 0 radical (unpaired) electrons. The van der Waals surface area contributed by atoms with Crippen molar-refractivity contribution in [2.75, 3.05) is 40.3 Å². The zero-order valence-electron chi connectivity index (χ0n) is 12.5. The highest BCUT2D eigenvalue weighted by Gasteiger charge is 2.62. The van der Waals surface area contributed by atoms with Gasteiger partial charge in [0.05, 0.1) is 0 Å². The van der Waals surface area contributed by atoms with Gasteiger partial charge in [0.1, 0.15) is 0 Å². The molecule has 2 atom stereocenters. The van der Waals surface area contributed by atoms with Crippen LogP contribution < -0.4 is 5.32 Å². The molecule has 1 aliphatic heterocycles. The fourth-order valence-corrected chi connectivity index (χ4v) is 2.80. The van der Waals surface area contributed by atoms with Gasteiger partial charge in [-0.2, -0.15) is 13.2 Å². The minimum atomic E-state index is -4.52. The molecule has 20 heavy (non-hydrogen) atoms. The molecule has 0 aromatic heterocycles. The monoisotopic (exact) mass is 295 g/mol. The normalized spacial score (nSPS) is 25.0. The summed E-state index contributed by atoms with van der Waals surface area (Å²) in [6.45, 7) is 4.24. The lowest BCUT2D eigenvalue weighted by molar-refractivity contribution is -0.222. The lowest BCUT2D eigenvalue weighted by Gasteiger charge is -2.38. The molecule has 1 aliphatic rings. The SMILES string of the molecule is CCN(C(=O)C1(C(F)(F)F)CCNC1)C(C)CN(C)C. The van der Waals surface area contributed by atoms with E-state index in [-0.39, 0.29) is 32.1 Å². The van der Waals surface area contributed by atoms with Crippen LogP contribution in [0, 0.1) is 5.41 Å². The molecule has 1 N–H and O–H groups in total. The smallest absolute Gasteiger partial charge is 0.338 e. The van der Waals surface area contributed by atoms with E-state index in [9.17, 15) is 18.0 Å². The van der Waals surface area contributed by atoms with Gasteiger partial charge in [0.25, 0.3) is 0 Å². The number of rotatable bonds is 5. The Hall–Kier alpha value is -0.820. The number of amides is 1. The summed E-state index contributed by atoms with van der Waals surface area (Å²) in [4.78, 5) is 15.7. The second kappa shape index (κ2) is 6.30. The largest absolute Gasteiger partial charge is 0.404 e. The Labute approximate surface area is 118 Å². The van der Waals surface area contributed by atoms with Crippen LogP contribution in [0.1, 0.15) is 20.3 Å². The maximum Gasteiger partial charge on any atom is 0.404 e. The minimum Gasteiger partial charge on any atom is -0.338 e. The number of alkyl halides is 3. The van der Waals surface area contributed by atoms with Crippen LogP contribution in [0.25, 0.3) is 0 Å². The minimum absolute atomic E-state index is 0.180. The molecule has 2 unspecified atom stereocenters. The van der Waals surface area contributed by atoms with E-state index in [1.807, 2.05) is 19.0 Å². The molecule has 1 rings (SSSR count). The van der Waals surface area contributed by atoms with E-state index in [0.717, 1.165) is 0 Å². The van der Waals surface area contributed by atoms with Gasteiger partial charge in [0.2, 0.25) is 5.91 Å². The number of hydrogen-bond acceptors (Lipinski definition) is 3. The fourth-order valence-electron chi connectivity index (χ4n) is 2.80. The van der Waals surface area contributed by atoms with Gasteiger partial charge in [-0.15, -0.1) is 0 Å². The summed E-state index contributed by atoms with van der Waals surface area (Å²) in [6, 6.07) is -0.248. The van der Waals surface area contributed by atoms with Crippen LogP contribution in [-0.2, 0) is 4.79 Å². The molecule has 118 valence electrons. The van der Waals surface area contributed by atoms with Gasteiger partial charge in [-0.05, 0) is 40.9 Å². The summed E-state index contributed by atoms with van der Waals surface area (Å²) in [5.41, 5.74) is -2.26. The first-order valence-corrected chi connectivity index (χ1v) is 6.89. The second-order valence-electron chi connectivity index (χ2n) is 5.71. The molecule has 7 heteroatoms.